The van der Waals surface area contributed by atoms with E-state index >= 15 is 0 Å². The maximum atomic E-state index is 11.4. The van der Waals surface area contributed by atoms with Gasteiger partial charge in [-0.15, -0.1) is 0 Å². The van der Waals surface area contributed by atoms with E-state index in [-0.39, 0.29) is 18.8 Å². The number of nitrogens with zero attached hydrogens (tertiary/aromatic N) is 4. The Morgan fingerprint density at radius 2 is 2.17 bits per heavy atom. The molecule has 0 saturated carbocycles. The summed E-state index contributed by atoms with van der Waals surface area (Å²) in [4.78, 5) is 36.2. The molecule has 0 aromatic carbocycles. The van der Waals surface area contributed by atoms with Gasteiger partial charge in [0.15, 0.2) is 11.5 Å². The van der Waals surface area contributed by atoms with Crippen molar-refractivity contribution in [2.24, 2.45) is 0 Å². The summed E-state index contributed by atoms with van der Waals surface area (Å²) in [5, 5.41) is 0. The molecule has 1 fully saturated rings. The molecule has 3 heterocycles. The van der Waals surface area contributed by atoms with Crippen molar-refractivity contribution in [3.63, 3.8) is 0 Å². The van der Waals surface area contributed by atoms with Crippen molar-refractivity contribution in [1.82, 2.24) is 25.0 Å². The number of nitrogen functional groups attached to an aromatic ring is 1. The Morgan fingerprint density at radius 1 is 1.34 bits per heavy atom. The van der Waals surface area contributed by atoms with E-state index in [1.54, 1.807) is 4.57 Å². The molecular formula is C16H27N6O6P. The van der Waals surface area contributed by atoms with E-state index in [0.29, 0.717) is 17.7 Å². The van der Waals surface area contributed by atoms with Gasteiger partial charge in [-0.3, -0.25) is 13.9 Å². The van der Waals surface area contributed by atoms with Crippen LogP contribution in [0.2, 0.25) is 0 Å². The molecule has 2 aromatic heterocycles. The van der Waals surface area contributed by atoms with E-state index in [1.165, 1.54) is 19.1 Å². The van der Waals surface area contributed by atoms with E-state index in [4.69, 9.17) is 19.8 Å². The predicted octanol–water partition coefficient (Wildman–Crippen LogP) is 1.28. The second kappa shape index (κ2) is 9.90. The Balaban J connectivity index is 1.63. The predicted molar refractivity (Wildman–Crippen MR) is 103 cm³/mol. The fourth-order valence-electron chi connectivity index (χ4n) is 3.23. The Kier molecular flexibility index (Phi) is 7.52. The largest absolute Gasteiger partial charge is 0.469 e. The number of hydroxylamine groups is 1. The minimum Gasteiger partial charge on any atom is -0.382 e. The van der Waals surface area contributed by atoms with Crippen molar-refractivity contribution in [2.75, 3.05) is 18.9 Å². The van der Waals surface area contributed by atoms with Crippen molar-refractivity contribution in [2.45, 2.75) is 57.5 Å². The normalized spacial score (nSPS) is 22.5. The summed E-state index contributed by atoms with van der Waals surface area (Å²) in [5.74, 6) is 0.238. The molecule has 29 heavy (non-hydrogen) atoms. The van der Waals surface area contributed by atoms with Crippen molar-refractivity contribution in [1.29, 1.82) is 0 Å². The molecule has 5 N–H and O–H groups in total. The van der Waals surface area contributed by atoms with Crippen LogP contribution in [0.4, 0.5) is 5.82 Å². The number of hydrogen-bond donors (Lipinski definition) is 4. The number of fused-ring (bicyclic) bond motifs is 1. The van der Waals surface area contributed by atoms with Crippen LogP contribution in [0, 0.1) is 0 Å². The number of aromatic nitrogens is 4. The molecule has 0 unspecified atom stereocenters. The van der Waals surface area contributed by atoms with E-state index in [1.807, 2.05) is 0 Å². The maximum Gasteiger partial charge on any atom is 0.469 e. The molecule has 1 aliphatic rings. The molecule has 1 aliphatic heterocycles. The van der Waals surface area contributed by atoms with Crippen LogP contribution < -0.4 is 11.2 Å². The second-order valence-corrected chi connectivity index (χ2v) is 8.04. The fraction of sp³-hybridized carbons (Fsp3) is 0.688. The van der Waals surface area contributed by atoms with E-state index in [0.717, 1.165) is 19.3 Å². The van der Waals surface area contributed by atoms with Gasteiger partial charge in [0, 0.05) is 13.0 Å². The van der Waals surface area contributed by atoms with Gasteiger partial charge >= 0.3 is 7.82 Å². The standard InChI is InChI=1S/C16H27N6O6P/c1-2-3-4-5-6-21-26-8-12-11(28-29(23,24)25)7-13(27-12)22-10-20-14-15(17)18-9-19-16(14)22/h9-13,21H,2-8H2,1H3,(H2,17,18,19)(H2,23,24,25)/t11-,12+,13+/m0/s1. The van der Waals surface area contributed by atoms with Crippen molar-refractivity contribution in [3.05, 3.63) is 12.7 Å². The average Bonchev–Trinajstić information content (AvgIpc) is 3.24. The first-order chi connectivity index (χ1) is 13.9. The fourth-order valence-corrected chi connectivity index (χ4v) is 3.80. The zero-order chi connectivity index (χ0) is 20.9. The number of unbranched alkanes of at least 4 members (excludes halogenated alkanes) is 3. The highest BCUT2D eigenvalue weighted by atomic mass is 31.2. The van der Waals surface area contributed by atoms with Gasteiger partial charge in [0.2, 0.25) is 0 Å². The van der Waals surface area contributed by atoms with Crippen LogP contribution in [0.15, 0.2) is 12.7 Å². The highest BCUT2D eigenvalue weighted by molar-refractivity contribution is 7.46. The minimum absolute atomic E-state index is 0.0682. The van der Waals surface area contributed by atoms with Crippen molar-refractivity contribution >= 4 is 24.8 Å². The third kappa shape index (κ3) is 5.92. The first kappa shape index (κ1) is 22.0. The first-order valence-electron chi connectivity index (χ1n) is 9.56. The van der Waals surface area contributed by atoms with Gasteiger partial charge in [0.1, 0.15) is 30.3 Å². The quantitative estimate of drug-likeness (QED) is 0.230. The summed E-state index contributed by atoms with van der Waals surface area (Å²) in [7, 11) is -4.70. The Labute approximate surface area is 168 Å². The number of nitrogens with two attached hydrogens (primary N) is 1. The van der Waals surface area contributed by atoms with Gasteiger partial charge in [-0.05, 0) is 6.42 Å². The first-order valence-corrected chi connectivity index (χ1v) is 11.1. The zero-order valence-electron chi connectivity index (χ0n) is 16.2. The minimum atomic E-state index is -4.70. The summed E-state index contributed by atoms with van der Waals surface area (Å²) in [5.41, 5.74) is 9.56. The molecule has 0 amide bonds. The topological polar surface area (TPSA) is 167 Å². The van der Waals surface area contributed by atoms with Crippen LogP contribution in [0.5, 0.6) is 0 Å². The molecule has 1 saturated heterocycles. The van der Waals surface area contributed by atoms with Crippen LogP contribution >= 0.6 is 7.82 Å². The molecule has 0 spiro atoms. The van der Waals surface area contributed by atoms with Gasteiger partial charge in [-0.1, -0.05) is 26.2 Å². The molecule has 3 atom stereocenters. The third-order valence-corrected chi connectivity index (χ3v) is 5.18. The highest BCUT2D eigenvalue weighted by Crippen LogP contribution is 2.44. The molecular weight excluding hydrogens is 403 g/mol. The number of phosphoric acid groups is 1. The summed E-state index contributed by atoms with van der Waals surface area (Å²) < 4.78 is 23.9. The lowest BCUT2D eigenvalue weighted by atomic mass is 10.2. The highest BCUT2D eigenvalue weighted by Gasteiger charge is 2.41. The van der Waals surface area contributed by atoms with Crippen molar-refractivity contribution in [3.8, 4) is 0 Å². The third-order valence-electron chi connectivity index (χ3n) is 4.63. The van der Waals surface area contributed by atoms with Crippen LogP contribution in [0.3, 0.4) is 0 Å². The number of rotatable bonds is 11. The second-order valence-electron chi connectivity index (χ2n) is 6.85. The van der Waals surface area contributed by atoms with Crippen LogP contribution in [0.1, 0.15) is 45.3 Å². The number of imidazole rings is 1. The molecule has 2 aromatic rings. The molecule has 0 radical (unpaired) electrons. The smallest absolute Gasteiger partial charge is 0.382 e. The SMILES string of the molecule is CCCCCCNOC[C@H]1O[C@@H](n2cnc3c(N)ncnc32)C[C@@H]1OP(=O)(O)O. The molecule has 0 bridgehead atoms. The van der Waals surface area contributed by atoms with Crippen LogP contribution in [-0.4, -0.2) is 54.7 Å². The van der Waals surface area contributed by atoms with E-state index in [9.17, 15) is 14.4 Å². The van der Waals surface area contributed by atoms with Gasteiger partial charge in [-0.25, -0.2) is 25.0 Å². The van der Waals surface area contributed by atoms with Crippen LogP contribution in [-0.2, 0) is 18.7 Å². The van der Waals surface area contributed by atoms with Gasteiger partial charge in [-0.2, -0.15) is 0 Å². The monoisotopic (exact) mass is 430 g/mol. The maximum absolute atomic E-state index is 11.4. The van der Waals surface area contributed by atoms with E-state index < -0.39 is 26.3 Å². The summed E-state index contributed by atoms with van der Waals surface area (Å²) >= 11 is 0. The Bertz CT molecular complexity index is 844. The molecule has 162 valence electrons. The number of anilines is 1. The van der Waals surface area contributed by atoms with Gasteiger partial charge in [0.05, 0.1) is 12.9 Å². The Hall–Kier alpha value is -1.66. The number of nitrogens with one attached hydrogen (secondary N) is 1. The number of phosphoric ester groups is 1. The van der Waals surface area contributed by atoms with Gasteiger partial charge in [0.25, 0.3) is 0 Å². The number of hydrogen-bond acceptors (Lipinski definition) is 9. The van der Waals surface area contributed by atoms with Crippen molar-refractivity contribution < 1.29 is 28.5 Å². The average molecular weight is 430 g/mol. The molecule has 13 heteroatoms. The molecule has 0 aliphatic carbocycles. The van der Waals surface area contributed by atoms with Gasteiger partial charge < -0.3 is 20.3 Å². The zero-order valence-corrected chi connectivity index (χ0v) is 17.1. The molecule has 3 rings (SSSR count). The molecule has 12 nitrogen and oxygen atoms in total. The van der Waals surface area contributed by atoms with Crippen LogP contribution in [0.25, 0.3) is 11.2 Å². The number of ether oxygens (including phenoxy) is 1. The summed E-state index contributed by atoms with van der Waals surface area (Å²) in [6.07, 6.45) is 5.27. The lowest BCUT2D eigenvalue weighted by molar-refractivity contribution is -0.0834. The van der Waals surface area contributed by atoms with E-state index in [2.05, 4.69) is 27.4 Å². The lowest BCUT2D eigenvalue weighted by Crippen LogP contribution is -2.31. The Morgan fingerprint density at radius 3 is 2.93 bits per heavy atom. The lowest BCUT2D eigenvalue weighted by Gasteiger charge is -2.19. The summed E-state index contributed by atoms with van der Waals surface area (Å²) in [6.45, 7) is 2.89. The summed E-state index contributed by atoms with van der Waals surface area (Å²) in [6, 6.07) is 0.